The van der Waals surface area contributed by atoms with E-state index in [-0.39, 0.29) is 12.2 Å². The highest BCUT2D eigenvalue weighted by atomic mass is 79.9. The largest absolute Gasteiger partial charge is 0.493 e. The van der Waals surface area contributed by atoms with Crippen molar-refractivity contribution in [2.75, 3.05) is 19.0 Å². The summed E-state index contributed by atoms with van der Waals surface area (Å²) in [6, 6.07) is 12.1. The minimum absolute atomic E-state index is 0.0889. The number of anilines is 1. The molecule has 0 aliphatic heterocycles. The van der Waals surface area contributed by atoms with Gasteiger partial charge in [0.1, 0.15) is 17.7 Å². The van der Waals surface area contributed by atoms with Crippen molar-refractivity contribution >= 4 is 45.2 Å². The molecular weight excluding hydrogens is 446 g/mol. The van der Waals surface area contributed by atoms with E-state index in [0.29, 0.717) is 32.2 Å². The van der Waals surface area contributed by atoms with Gasteiger partial charge in [-0.05, 0) is 70.4 Å². The molecule has 0 spiro atoms. The molecule has 1 N–H and O–H groups in total. The molecule has 8 heteroatoms. The van der Waals surface area contributed by atoms with Crippen LogP contribution < -0.4 is 14.8 Å². The number of nitriles is 2. The van der Waals surface area contributed by atoms with E-state index in [1.807, 2.05) is 12.1 Å². The minimum Gasteiger partial charge on any atom is -0.493 e. The zero-order valence-electron chi connectivity index (χ0n) is 15.0. The third-order valence-electron chi connectivity index (χ3n) is 3.65. The highest BCUT2D eigenvalue weighted by Gasteiger charge is 2.14. The zero-order valence-corrected chi connectivity index (χ0v) is 17.4. The third-order valence-corrected chi connectivity index (χ3v) is 4.47. The molecule has 0 bridgehead atoms. The van der Waals surface area contributed by atoms with Crippen molar-refractivity contribution in [2.24, 2.45) is 0 Å². The van der Waals surface area contributed by atoms with Crippen LogP contribution in [0.15, 0.2) is 40.4 Å². The summed E-state index contributed by atoms with van der Waals surface area (Å²) in [6.07, 6.45) is 1.43. The maximum Gasteiger partial charge on any atom is 0.266 e. The molecule has 0 fully saturated rings. The first-order chi connectivity index (χ1) is 13.4. The predicted octanol–water partition coefficient (Wildman–Crippen LogP) is 4.87. The molecule has 1 amide bonds. The Morgan fingerprint density at radius 3 is 2.68 bits per heavy atom. The van der Waals surface area contributed by atoms with E-state index in [1.54, 1.807) is 37.3 Å². The Labute approximate surface area is 176 Å². The topological polar surface area (TPSA) is 95.1 Å². The van der Waals surface area contributed by atoms with Crippen LogP contribution in [0.2, 0.25) is 5.02 Å². The van der Waals surface area contributed by atoms with Gasteiger partial charge in [-0.15, -0.1) is 0 Å². The normalized spacial score (nSPS) is 10.6. The molecular formula is C20H15BrClN3O3. The summed E-state index contributed by atoms with van der Waals surface area (Å²) in [5.74, 6) is 0.177. The lowest BCUT2D eigenvalue weighted by atomic mass is 10.1. The van der Waals surface area contributed by atoms with Crippen LogP contribution in [0.4, 0.5) is 5.69 Å². The highest BCUT2D eigenvalue weighted by Crippen LogP contribution is 2.37. The Balaban J connectivity index is 2.33. The molecule has 28 heavy (non-hydrogen) atoms. The average molecular weight is 461 g/mol. The van der Waals surface area contributed by atoms with Gasteiger partial charge in [0.25, 0.3) is 5.91 Å². The van der Waals surface area contributed by atoms with Gasteiger partial charge in [-0.3, -0.25) is 4.79 Å². The summed E-state index contributed by atoms with van der Waals surface area (Å²) in [5, 5.41) is 21.3. The molecule has 2 rings (SSSR count). The second-order valence-electron chi connectivity index (χ2n) is 5.56. The van der Waals surface area contributed by atoms with E-state index in [2.05, 4.69) is 21.2 Å². The number of amides is 1. The van der Waals surface area contributed by atoms with E-state index in [9.17, 15) is 10.1 Å². The second kappa shape index (κ2) is 9.80. The van der Waals surface area contributed by atoms with Crippen molar-refractivity contribution in [3.05, 3.63) is 56.5 Å². The van der Waals surface area contributed by atoms with Crippen molar-refractivity contribution in [1.29, 1.82) is 10.5 Å². The van der Waals surface area contributed by atoms with E-state index in [4.69, 9.17) is 26.3 Å². The van der Waals surface area contributed by atoms with Gasteiger partial charge < -0.3 is 14.8 Å². The predicted molar refractivity (Wildman–Crippen MR) is 110 cm³/mol. The number of hydrogen-bond donors (Lipinski definition) is 1. The number of benzene rings is 2. The Kier molecular flexibility index (Phi) is 7.45. The lowest BCUT2D eigenvalue weighted by molar-refractivity contribution is -0.112. The van der Waals surface area contributed by atoms with Crippen LogP contribution in [-0.4, -0.2) is 19.6 Å². The molecule has 142 valence electrons. The number of carbonyl (C=O) groups excluding carboxylic acids is 1. The summed E-state index contributed by atoms with van der Waals surface area (Å²) in [4.78, 5) is 12.5. The fraction of sp³-hybridized carbons (Fsp3) is 0.150. The van der Waals surface area contributed by atoms with E-state index < -0.39 is 5.91 Å². The fourth-order valence-electron chi connectivity index (χ4n) is 2.34. The minimum atomic E-state index is -0.548. The first-order valence-corrected chi connectivity index (χ1v) is 9.13. The molecule has 0 atom stereocenters. The standard InChI is InChI=1S/C20H15BrClN3O3/c1-12-7-15(22)3-4-17(12)25-20(26)14(11-24)8-13-9-16(21)19(28-6-5-23)18(10-13)27-2/h3-4,7-10H,6H2,1-2H3,(H,25,26)/b14-8+. The summed E-state index contributed by atoms with van der Waals surface area (Å²) >= 11 is 9.27. The lowest BCUT2D eigenvalue weighted by Crippen LogP contribution is -2.14. The molecule has 0 heterocycles. The van der Waals surface area contributed by atoms with Crippen LogP contribution in [0.1, 0.15) is 11.1 Å². The van der Waals surface area contributed by atoms with Crippen LogP contribution in [0.25, 0.3) is 6.08 Å². The summed E-state index contributed by atoms with van der Waals surface area (Å²) in [5.41, 5.74) is 1.80. The van der Waals surface area contributed by atoms with Gasteiger partial charge >= 0.3 is 0 Å². The van der Waals surface area contributed by atoms with Crippen LogP contribution in [0, 0.1) is 29.6 Å². The second-order valence-corrected chi connectivity index (χ2v) is 6.85. The van der Waals surface area contributed by atoms with Crippen LogP contribution in [-0.2, 0) is 4.79 Å². The molecule has 2 aromatic carbocycles. The summed E-state index contributed by atoms with van der Waals surface area (Å²) in [7, 11) is 1.45. The number of halogens is 2. The van der Waals surface area contributed by atoms with Crippen molar-refractivity contribution < 1.29 is 14.3 Å². The Hall–Kier alpha value is -3.00. The number of aryl methyl sites for hydroxylation is 1. The number of nitrogens with zero attached hydrogens (tertiary/aromatic N) is 2. The molecule has 0 aromatic heterocycles. The Morgan fingerprint density at radius 2 is 2.07 bits per heavy atom. The van der Waals surface area contributed by atoms with Gasteiger partial charge in [-0.1, -0.05) is 11.6 Å². The Morgan fingerprint density at radius 1 is 1.32 bits per heavy atom. The van der Waals surface area contributed by atoms with Gasteiger partial charge in [-0.2, -0.15) is 10.5 Å². The van der Waals surface area contributed by atoms with Crippen LogP contribution >= 0.6 is 27.5 Å². The Bertz CT molecular complexity index is 1020. The smallest absolute Gasteiger partial charge is 0.266 e. The van der Waals surface area contributed by atoms with Crippen molar-refractivity contribution in [2.45, 2.75) is 6.92 Å². The maximum absolute atomic E-state index is 12.5. The molecule has 0 radical (unpaired) electrons. The number of carbonyl (C=O) groups is 1. The summed E-state index contributed by atoms with van der Waals surface area (Å²) < 4.78 is 11.1. The van der Waals surface area contributed by atoms with Gasteiger partial charge in [0, 0.05) is 10.7 Å². The van der Waals surface area contributed by atoms with Gasteiger partial charge in [0.2, 0.25) is 0 Å². The molecule has 2 aromatic rings. The SMILES string of the molecule is COc1cc(/C=C(\C#N)C(=O)Nc2ccc(Cl)cc2C)cc(Br)c1OCC#N. The highest BCUT2D eigenvalue weighted by molar-refractivity contribution is 9.10. The lowest BCUT2D eigenvalue weighted by Gasteiger charge is -2.12. The van der Waals surface area contributed by atoms with Crippen molar-refractivity contribution in [1.82, 2.24) is 0 Å². The molecule has 6 nitrogen and oxygen atoms in total. The first kappa shape index (κ1) is 21.3. The fourth-order valence-corrected chi connectivity index (χ4v) is 3.14. The number of nitrogens with one attached hydrogen (secondary N) is 1. The summed E-state index contributed by atoms with van der Waals surface area (Å²) in [6.45, 7) is 1.66. The molecule has 0 saturated carbocycles. The molecule has 0 unspecified atom stereocenters. The van der Waals surface area contributed by atoms with Crippen molar-refractivity contribution in [3.8, 4) is 23.6 Å². The molecule has 0 aliphatic carbocycles. The number of ether oxygens (including phenoxy) is 2. The van der Waals surface area contributed by atoms with Gasteiger partial charge in [-0.25, -0.2) is 0 Å². The van der Waals surface area contributed by atoms with Gasteiger partial charge in [0.05, 0.1) is 11.6 Å². The number of hydrogen-bond acceptors (Lipinski definition) is 5. The zero-order chi connectivity index (χ0) is 20.7. The van der Waals surface area contributed by atoms with Crippen molar-refractivity contribution in [3.63, 3.8) is 0 Å². The maximum atomic E-state index is 12.5. The molecule has 0 saturated heterocycles. The number of rotatable bonds is 6. The molecule has 0 aliphatic rings. The number of methoxy groups -OCH3 is 1. The van der Waals surface area contributed by atoms with Crippen LogP contribution in [0.3, 0.4) is 0 Å². The van der Waals surface area contributed by atoms with E-state index in [1.165, 1.54) is 13.2 Å². The van der Waals surface area contributed by atoms with E-state index >= 15 is 0 Å². The van der Waals surface area contributed by atoms with Crippen LogP contribution in [0.5, 0.6) is 11.5 Å². The quantitative estimate of drug-likeness (QED) is 0.490. The third kappa shape index (κ3) is 5.26. The van der Waals surface area contributed by atoms with E-state index in [0.717, 1.165) is 5.56 Å². The monoisotopic (exact) mass is 459 g/mol. The first-order valence-electron chi connectivity index (χ1n) is 7.96. The van der Waals surface area contributed by atoms with Gasteiger partial charge in [0.15, 0.2) is 18.1 Å². The average Bonchev–Trinajstić information content (AvgIpc) is 2.66.